The highest BCUT2D eigenvalue weighted by Gasteiger charge is 2.30. The first-order valence-corrected chi connectivity index (χ1v) is 11.6. The summed E-state index contributed by atoms with van der Waals surface area (Å²) in [6, 6.07) is 11.4. The molecule has 1 saturated heterocycles. The van der Waals surface area contributed by atoms with Crippen LogP contribution in [0.1, 0.15) is 35.4 Å². The number of nitrogens with one attached hydrogen (secondary N) is 2. The van der Waals surface area contributed by atoms with Crippen molar-refractivity contribution >= 4 is 33.0 Å². The van der Waals surface area contributed by atoms with Crippen LogP contribution in [0.2, 0.25) is 0 Å². The lowest BCUT2D eigenvalue weighted by molar-refractivity contribution is 0.0954. The van der Waals surface area contributed by atoms with Crippen LogP contribution in [0.25, 0.3) is 0 Å². The van der Waals surface area contributed by atoms with Crippen LogP contribution in [0.3, 0.4) is 0 Å². The highest BCUT2D eigenvalue weighted by atomic mass is 32.2. The molecule has 2 heterocycles. The van der Waals surface area contributed by atoms with Crippen molar-refractivity contribution < 1.29 is 13.2 Å². The Bertz CT molecular complexity index is 844. The molecule has 6 nitrogen and oxygen atoms in total. The Morgan fingerprint density at radius 1 is 1.04 bits per heavy atom. The minimum atomic E-state index is -3.60. The number of anilines is 1. The molecular formula is C19H25N3O3S2. The third kappa shape index (κ3) is 5.09. The van der Waals surface area contributed by atoms with Gasteiger partial charge in [-0.05, 0) is 42.8 Å². The van der Waals surface area contributed by atoms with Crippen molar-refractivity contribution in [2.24, 2.45) is 0 Å². The van der Waals surface area contributed by atoms with Crippen molar-refractivity contribution in [3.8, 4) is 0 Å². The van der Waals surface area contributed by atoms with Gasteiger partial charge in [-0.2, -0.15) is 4.31 Å². The fourth-order valence-electron chi connectivity index (χ4n) is 3.07. The largest absolute Gasteiger partial charge is 0.385 e. The Labute approximate surface area is 164 Å². The van der Waals surface area contributed by atoms with Gasteiger partial charge in [-0.3, -0.25) is 4.79 Å². The average Bonchev–Trinajstić information content (AvgIpc) is 3.20. The van der Waals surface area contributed by atoms with E-state index in [1.54, 1.807) is 11.4 Å². The van der Waals surface area contributed by atoms with Crippen LogP contribution in [0, 0.1) is 0 Å². The van der Waals surface area contributed by atoms with Gasteiger partial charge in [0.05, 0.1) is 0 Å². The molecule has 0 radical (unpaired) electrons. The molecule has 1 aromatic heterocycles. The van der Waals surface area contributed by atoms with Gasteiger partial charge in [0.2, 0.25) is 10.0 Å². The SMILES string of the molecule is O=C(NCCCNc1ccccc1)c1sccc1S(=O)(=O)N1CCCCC1. The number of hydrogen-bond donors (Lipinski definition) is 2. The van der Waals surface area contributed by atoms with E-state index < -0.39 is 10.0 Å². The fourth-order valence-corrected chi connectivity index (χ4v) is 5.90. The summed E-state index contributed by atoms with van der Waals surface area (Å²) in [5, 5.41) is 7.79. The van der Waals surface area contributed by atoms with Crippen molar-refractivity contribution in [3.63, 3.8) is 0 Å². The number of piperidine rings is 1. The molecule has 1 fully saturated rings. The Hall–Kier alpha value is -1.90. The number of para-hydroxylation sites is 1. The van der Waals surface area contributed by atoms with E-state index in [1.165, 1.54) is 15.6 Å². The number of hydrogen-bond acceptors (Lipinski definition) is 5. The van der Waals surface area contributed by atoms with Gasteiger partial charge in [-0.25, -0.2) is 8.42 Å². The maximum atomic E-state index is 12.8. The molecule has 2 aromatic rings. The lowest BCUT2D eigenvalue weighted by Crippen LogP contribution is -2.36. The third-order valence-electron chi connectivity index (χ3n) is 4.51. The zero-order chi connectivity index (χ0) is 19.1. The van der Waals surface area contributed by atoms with E-state index in [9.17, 15) is 13.2 Å². The van der Waals surface area contributed by atoms with Crippen molar-refractivity contribution in [2.75, 3.05) is 31.5 Å². The summed E-state index contributed by atoms with van der Waals surface area (Å²) < 4.78 is 27.2. The Morgan fingerprint density at radius 2 is 1.78 bits per heavy atom. The van der Waals surface area contributed by atoms with Crippen LogP contribution in [0.15, 0.2) is 46.7 Å². The zero-order valence-electron chi connectivity index (χ0n) is 15.2. The molecule has 1 amide bonds. The quantitative estimate of drug-likeness (QED) is 0.659. The summed E-state index contributed by atoms with van der Waals surface area (Å²) >= 11 is 1.18. The van der Waals surface area contributed by atoms with E-state index in [4.69, 9.17) is 0 Å². The normalized spacial score (nSPS) is 15.4. The van der Waals surface area contributed by atoms with Gasteiger partial charge in [-0.1, -0.05) is 24.6 Å². The van der Waals surface area contributed by atoms with Crippen LogP contribution in [0.4, 0.5) is 5.69 Å². The minimum Gasteiger partial charge on any atom is -0.385 e. The monoisotopic (exact) mass is 407 g/mol. The molecule has 1 aromatic carbocycles. The maximum absolute atomic E-state index is 12.8. The first kappa shape index (κ1) is 19.9. The molecule has 0 saturated carbocycles. The van der Waals surface area contributed by atoms with Gasteiger partial charge < -0.3 is 10.6 Å². The number of thiophene rings is 1. The summed E-state index contributed by atoms with van der Waals surface area (Å²) in [5.41, 5.74) is 1.04. The van der Waals surface area contributed by atoms with Crippen LogP contribution in [0.5, 0.6) is 0 Å². The summed E-state index contributed by atoms with van der Waals surface area (Å²) in [6.07, 6.45) is 3.55. The van der Waals surface area contributed by atoms with Crippen molar-refractivity contribution in [3.05, 3.63) is 46.7 Å². The maximum Gasteiger partial charge on any atom is 0.262 e. The number of carbonyl (C=O) groups excluding carboxylic acids is 1. The van der Waals surface area contributed by atoms with E-state index >= 15 is 0 Å². The van der Waals surface area contributed by atoms with Gasteiger partial charge in [0.1, 0.15) is 9.77 Å². The number of rotatable bonds is 8. The second-order valence-electron chi connectivity index (χ2n) is 6.48. The highest BCUT2D eigenvalue weighted by molar-refractivity contribution is 7.89. The van der Waals surface area contributed by atoms with Crippen LogP contribution in [-0.2, 0) is 10.0 Å². The van der Waals surface area contributed by atoms with Crippen molar-refractivity contribution in [2.45, 2.75) is 30.6 Å². The van der Waals surface area contributed by atoms with E-state index in [-0.39, 0.29) is 15.7 Å². The molecule has 0 aliphatic carbocycles. The van der Waals surface area contributed by atoms with E-state index in [1.807, 2.05) is 30.3 Å². The van der Waals surface area contributed by atoms with Crippen LogP contribution >= 0.6 is 11.3 Å². The summed E-state index contributed by atoms with van der Waals surface area (Å²) in [5.74, 6) is -0.319. The second kappa shape index (κ2) is 9.34. The van der Waals surface area contributed by atoms with Gasteiger partial charge in [0.25, 0.3) is 5.91 Å². The number of sulfonamides is 1. The number of benzene rings is 1. The summed E-state index contributed by atoms with van der Waals surface area (Å²) in [4.78, 5) is 12.9. The number of amides is 1. The van der Waals surface area contributed by atoms with Crippen molar-refractivity contribution in [1.82, 2.24) is 9.62 Å². The van der Waals surface area contributed by atoms with Gasteiger partial charge in [0.15, 0.2) is 0 Å². The molecule has 0 bridgehead atoms. The first-order valence-electron chi connectivity index (χ1n) is 9.24. The van der Waals surface area contributed by atoms with E-state index in [0.717, 1.165) is 37.9 Å². The highest BCUT2D eigenvalue weighted by Crippen LogP contribution is 2.27. The standard InChI is InChI=1S/C19H25N3O3S2/c23-19(21-12-7-11-20-16-8-3-1-4-9-16)18-17(10-15-26-18)27(24,25)22-13-5-2-6-14-22/h1,3-4,8-10,15,20H,2,5-7,11-14H2,(H,21,23). The second-order valence-corrected chi connectivity index (χ2v) is 9.30. The van der Waals surface area contributed by atoms with Crippen LogP contribution < -0.4 is 10.6 Å². The summed E-state index contributed by atoms with van der Waals surface area (Å²) in [6.45, 7) is 2.28. The van der Waals surface area contributed by atoms with Crippen LogP contribution in [-0.4, -0.2) is 44.8 Å². The average molecular weight is 408 g/mol. The summed E-state index contributed by atoms with van der Waals surface area (Å²) in [7, 11) is -3.60. The van der Waals surface area contributed by atoms with E-state index in [0.29, 0.717) is 19.6 Å². The fraction of sp³-hybridized carbons (Fsp3) is 0.421. The van der Waals surface area contributed by atoms with Gasteiger partial charge >= 0.3 is 0 Å². The first-order chi connectivity index (χ1) is 13.1. The Kier molecular flexibility index (Phi) is 6.87. The molecule has 2 N–H and O–H groups in total. The molecule has 0 spiro atoms. The van der Waals surface area contributed by atoms with Gasteiger partial charge in [-0.15, -0.1) is 11.3 Å². The molecular weight excluding hydrogens is 382 g/mol. The molecule has 0 atom stereocenters. The number of carbonyl (C=O) groups is 1. The topological polar surface area (TPSA) is 78.5 Å². The molecule has 27 heavy (non-hydrogen) atoms. The predicted molar refractivity (Wildman–Crippen MR) is 109 cm³/mol. The van der Waals surface area contributed by atoms with Crippen molar-refractivity contribution in [1.29, 1.82) is 0 Å². The lowest BCUT2D eigenvalue weighted by atomic mass is 10.2. The number of nitrogens with zero attached hydrogens (tertiary/aromatic N) is 1. The molecule has 146 valence electrons. The molecule has 0 unspecified atom stereocenters. The smallest absolute Gasteiger partial charge is 0.262 e. The lowest BCUT2D eigenvalue weighted by Gasteiger charge is -2.25. The molecule has 8 heteroatoms. The Morgan fingerprint density at radius 3 is 2.52 bits per heavy atom. The zero-order valence-corrected chi connectivity index (χ0v) is 16.8. The van der Waals surface area contributed by atoms with Gasteiger partial charge in [0, 0.05) is 31.9 Å². The molecule has 1 aliphatic rings. The Balaban J connectivity index is 1.53. The third-order valence-corrected chi connectivity index (χ3v) is 7.49. The molecule has 3 rings (SSSR count). The predicted octanol–water partition coefficient (Wildman–Crippen LogP) is 3.15. The molecule has 1 aliphatic heterocycles. The van der Waals surface area contributed by atoms with E-state index in [2.05, 4.69) is 10.6 Å². The minimum absolute atomic E-state index is 0.134.